The van der Waals surface area contributed by atoms with Gasteiger partial charge in [0, 0.05) is 6.61 Å². The second kappa shape index (κ2) is 44.5. The van der Waals surface area contributed by atoms with E-state index in [1.54, 1.807) is 6.92 Å². The fraction of sp³-hybridized carbons (Fsp3) is 1.00. The van der Waals surface area contributed by atoms with E-state index >= 15 is 0 Å². The minimum Gasteiger partial charge on any atom is -0.350 e. The fourth-order valence-corrected chi connectivity index (χ4v) is 18.5. The topological polar surface area (TPSA) is 1110 Å². The molecule has 5 aliphatic heterocycles. The minimum absolute atomic E-state index is 0.0516. The van der Waals surface area contributed by atoms with Crippen LogP contribution >= 0.6 is 0 Å². The lowest BCUT2D eigenvalue weighted by atomic mass is 9.95. The largest absolute Gasteiger partial charge is 0.397 e. The first kappa shape index (κ1) is 116. The average Bonchev–Trinajstić information content (AvgIpc) is 0.758. The van der Waals surface area contributed by atoms with Gasteiger partial charge in [-0.1, -0.05) is 39.0 Å². The van der Waals surface area contributed by atoms with Crippen LogP contribution in [0, 0.1) is 0 Å². The smallest absolute Gasteiger partial charge is 0.350 e. The second-order valence-electron chi connectivity index (χ2n) is 24.7. The van der Waals surface area contributed by atoms with Crippen LogP contribution in [0.15, 0.2) is 0 Å². The Morgan fingerprint density at radius 2 is 0.352 bits per heavy atom. The maximum atomic E-state index is 13.4. The van der Waals surface area contributed by atoms with Crippen LogP contribution in [0.3, 0.4) is 0 Å². The number of ether oxygens (including phenoxy) is 10. The van der Waals surface area contributed by atoms with Gasteiger partial charge in [0.1, 0.15) is 97.7 Å². The molecule has 0 bridgehead atoms. The van der Waals surface area contributed by atoms with Crippen molar-refractivity contribution >= 4 is 166 Å². The molecule has 128 heavy (non-hydrogen) atoms. The van der Waals surface area contributed by atoms with Crippen LogP contribution < -0.4 is 0 Å². The Hall–Kier alpha value is -2.48. The zero-order valence-electron chi connectivity index (χ0n) is 61.3. The molecule has 0 aromatic heterocycles. The summed E-state index contributed by atoms with van der Waals surface area (Å²) >= 11 is 0. The first-order valence-corrected chi connectivity index (χ1v) is 54.0. The van der Waals surface area contributed by atoms with Crippen LogP contribution in [0.5, 0.6) is 0 Å². The van der Waals surface area contributed by atoms with Gasteiger partial charge in [-0.15, -0.1) is 0 Å². The van der Waals surface area contributed by atoms with Crippen LogP contribution in [-0.4, -0.2) is 401 Å². The maximum Gasteiger partial charge on any atom is 0.397 e. The van der Waals surface area contributed by atoms with E-state index in [0.29, 0.717) is 19.3 Å². The Morgan fingerprint density at radius 3 is 0.562 bits per heavy atom. The normalized spacial score (nSPS) is 32.0. The van der Waals surface area contributed by atoms with Gasteiger partial charge in [0.05, 0.1) is 33.0 Å². The Bertz CT molecular complexity index is 5730. The van der Waals surface area contributed by atoms with Crippen LogP contribution in [0.4, 0.5) is 0 Å². The quantitative estimate of drug-likeness (QED) is 0.0199. The van der Waals surface area contributed by atoms with Crippen molar-refractivity contribution in [2.45, 2.75) is 199 Å². The van der Waals surface area contributed by atoms with Gasteiger partial charge in [-0.3, -0.25) is 72.8 Å². The predicted octanol–water partition coefficient (Wildman–Crippen LogP) is -11.3. The summed E-state index contributed by atoms with van der Waals surface area (Å²) in [5, 5.41) is 0. The number of unbranched alkanes of at least 4 members (excludes halogenated alkanes) is 5. The summed E-state index contributed by atoms with van der Waals surface area (Å²) < 4.78 is 689. The molecule has 0 aliphatic carbocycles. The van der Waals surface area contributed by atoms with E-state index in [4.69, 9.17) is 47.4 Å². The van der Waals surface area contributed by atoms with Gasteiger partial charge in [-0.25, -0.2) is 66.9 Å². The van der Waals surface area contributed by atoms with Crippen molar-refractivity contribution in [3.63, 3.8) is 0 Å². The summed E-state index contributed by atoms with van der Waals surface area (Å²) in [7, 11) is -106. The average molecular weight is 2220 g/mol. The molecule has 0 amide bonds. The van der Waals surface area contributed by atoms with Crippen molar-refractivity contribution < 1.29 is 322 Å². The molecule has 16 N–H and O–H groups in total. The molecule has 5 fully saturated rings. The summed E-state index contributed by atoms with van der Waals surface area (Å²) in [5.41, 5.74) is 0. The van der Waals surface area contributed by atoms with Gasteiger partial charge in [0.2, 0.25) is 0 Å². The van der Waals surface area contributed by atoms with Gasteiger partial charge in [0.25, 0.3) is 0 Å². The molecular formula is C38H68O74S16. The van der Waals surface area contributed by atoms with E-state index in [9.17, 15) is 208 Å². The third-order valence-corrected chi connectivity index (χ3v) is 22.7. The van der Waals surface area contributed by atoms with Crippen LogP contribution in [0.1, 0.15) is 45.4 Å². The molecule has 74 nitrogen and oxygen atoms in total. The molecule has 90 heteroatoms. The maximum absolute atomic E-state index is 13.4. The van der Waals surface area contributed by atoms with E-state index in [-0.39, 0.29) is 19.3 Å². The molecule has 5 heterocycles. The van der Waals surface area contributed by atoms with Crippen molar-refractivity contribution in [3.05, 3.63) is 0 Å². The third kappa shape index (κ3) is 43.1. The Labute approximate surface area is 722 Å². The van der Waals surface area contributed by atoms with Crippen molar-refractivity contribution in [1.82, 2.24) is 0 Å². The molecule has 25 atom stereocenters. The molecule has 0 spiro atoms. The van der Waals surface area contributed by atoms with Crippen LogP contribution in [-0.2, 0) is 281 Å². The lowest BCUT2D eigenvalue weighted by Gasteiger charge is -2.51. The molecule has 0 radical (unpaired) electrons. The number of hydrogen-bond donors (Lipinski definition) is 16. The zero-order valence-corrected chi connectivity index (χ0v) is 74.3. The summed E-state index contributed by atoms with van der Waals surface area (Å²) in [6.45, 7) is -11.0. The highest BCUT2D eigenvalue weighted by atomic mass is 32.3. The summed E-state index contributed by atoms with van der Waals surface area (Å²) in [6, 6.07) is 0. The third-order valence-electron chi connectivity index (χ3n) is 15.4. The Kier molecular flexibility index (Phi) is 40.4. The zero-order chi connectivity index (χ0) is 98.3. The molecule has 760 valence electrons. The molecule has 0 aromatic carbocycles. The molecule has 0 unspecified atom stereocenters. The molecule has 0 saturated carbocycles. The van der Waals surface area contributed by atoms with Crippen molar-refractivity contribution in [3.8, 4) is 0 Å². The van der Waals surface area contributed by atoms with Crippen molar-refractivity contribution in [1.29, 1.82) is 0 Å². The SMILES string of the molecule is CCCCCCCCO[C@H]1O[C@H](COS(=O)(=O)O)[C@@H](OS(=O)(=O)O)[C@H](OS(=O)(=O)O)[C@@H]1O[C@H]1O[C@H](COS(=O)(=O)O)[C@@H](OS(=O)(=O)O)[C@H](O[C@H]2O[C@H](COS(=O)(=O)O)[C@@H](OS(=O)(=O)O)[C@H](O[C@H]3O[C@H](COS(=O)(=O)O)[C@@H](OS(=O)(=O)O)[C@H](O[C@H]4O[C@H](COS(=O)(=O)O)[C@@H](OS(=O)(=O)O)[C@H](OS(=O)(=O)O)[C@@H]4OS(=O)(=O)O)[C@@H]3OS(=O)(=O)O)[C@@H]2OS(=O)(=O)O)[C@@H]1OS(=O)(=O)O. The minimum atomic E-state index is -7.11. The second-order valence-corrected chi connectivity index (χ2v) is 41.7. The molecule has 5 aliphatic rings. The fourth-order valence-electron chi connectivity index (χ4n) is 11.5. The first-order valence-electron chi connectivity index (χ1n) is 32.1. The van der Waals surface area contributed by atoms with E-state index in [2.05, 4.69) is 66.9 Å². The first-order chi connectivity index (χ1) is 57.3. The Balaban J connectivity index is 2.05. The van der Waals surface area contributed by atoms with Crippen LogP contribution in [0.2, 0.25) is 0 Å². The van der Waals surface area contributed by atoms with E-state index in [1.165, 1.54) is 0 Å². The van der Waals surface area contributed by atoms with E-state index in [0.717, 1.165) is 0 Å². The highest BCUT2D eigenvalue weighted by molar-refractivity contribution is 7.84. The summed E-state index contributed by atoms with van der Waals surface area (Å²) in [6.07, 6.45) is -93.2. The van der Waals surface area contributed by atoms with Gasteiger partial charge in [-0.05, 0) is 6.42 Å². The predicted molar refractivity (Wildman–Crippen MR) is 370 cm³/mol. The van der Waals surface area contributed by atoms with Gasteiger partial charge < -0.3 is 47.4 Å². The van der Waals surface area contributed by atoms with Gasteiger partial charge in [-0.2, -0.15) is 135 Å². The molecule has 5 rings (SSSR count). The highest BCUT2D eigenvalue weighted by Gasteiger charge is 2.65. The molecule has 5 saturated heterocycles. The van der Waals surface area contributed by atoms with Crippen LogP contribution in [0.25, 0.3) is 0 Å². The van der Waals surface area contributed by atoms with E-state index < -0.39 is 360 Å². The standard InChI is InChI=1S/C38H68O74S16/c1-2-3-4-5-6-7-8-87-34-29(27(107-123(69,70)71)22(105-121(63,64)65)17(93-34)12-91-116(48,49)50)101-37-32(111-127(81,82)83)26(21(104-120(60,61)62)16(96-37)11-90-115(45,46)47)99-35-30(109-125(75,76)77)24(19(102-118(54,55)56)14(94-35)9-88-113(39,40)41)98-36-31(110-126(78,79)80)25(20(103-119(57,58)59)15(95-36)10-89-114(42,43)44)100-38-33(112-128(84,85)86)28(108-124(72,73)74)23(106-122(66,67)68)18(97-38)13-92-117(51,52)53/h14-38H,2-13H2,1H3,(H,39,40,41)(H,42,43,44)(H,45,46,47)(H,48,49,50)(H,51,52,53)(H,54,55,56)(H,57,58,59)(H,60,61,62)(H,63,64,65)(H,66,67,68)(H,69,70,71)(H,72,73,74)(H,75,76,77)(H,78,79,80)(H,81,82,83)(H,84,85,86)/t14-,15-,16-,17-,18-,19-,20-,21-,22-,23-,24+,25+,26+,27+,28+,29+,30+,31+,32+,33+,34+,35-,36-,37-,38-/m1/s1. The van der Waals surface area contributed by atoms with Crippen molar-refractivity contribution in [2.75, 3.05) is 39.6 Å². The molecule has 0 aromatic rings. The highest BCUT2D eigenvalue weighted by Crippen LogP contribution is 2.44. The summed E-state index contributed by atoms with van der Waals surface area (Å²) in [4.78, 5) is 0. The van der Waals surface area contributed by atoms with E-state index in [1.807, 2.05) is 0 Å². The number of rotatable bonds is 53. The monoisotopic (exact) mass is 2220 g/mol. The summed E-state index contributed by atoms with van der Waals surface area (Å²) in [5.74, 6) is 0. The lowest BCUT2D eigenvalue weighted by molar-refractivity contribution is -0.388. The van der Waals surface area contributed by atoms with Gasteiger partial charge >= 0.3 is 166 Å². The Morgan fingerprint density at radius 1 is 0.188 bits per heavy atom. The van der Waals surface area contributed by atoms with Crippen molar-refractivity contribution in [2.24, 2.45) is 0 Å². The lowest BCUT2D eigenvalue weighted by Crippen LogP contribution is -2.70. The molecular weight excluding hydrogens is 2150 g/mol. The van der Waals surface area contributed by atoms with Gasteiger partial charge in [0.15, 0.2) is 55.9 Å². The number of hydrogen-bond acceptors (Lipinski definition) is 58.